The fourth-order valence-corrected chi connectivity index (χ4v) is 6.05. The second-order valence-corrected chi connectivity index (χ2v) is 9.00. The van der Waals surface area contributed by atoms with Gasteiger partial charge < -0.3 is 5.11 Å². The summed E-state index contributed by atoms with van der Waals surface area (Å²) in [5, 5.41) is 9.11. The number of nitrogens with zero attached hydrogens (tertiary/aromatic N) is 2. The molecule has 0 amide bonds. The lowest BCUT2D eigenvalue weighted by atomic mass is 9.69. The van der Waals surface area contributed by atoms with Gasteiger partial charge in [-0.05, 0) is 75.9 Å². The molecule has 27 heavy (non-hydrogen) atoms. The molecule has 3 fully saturated rings. The summed E-state index contributed by atoms with van der Waals surface area (Å²) < 4.78 is 0. The molecule has 0 saturated carbocycles. The lowest BCUT2D eigenvalue weighted by Crippen LogP contribution is -2.64. The van der Waals surface area contributed by atoms with Crippen molar-refractivity contribution in [2.45, 2.75) is 70.5 Å². The predicted molar refractivity (Wildman–Crippen MR) is 108 cm³/mol. The van der Waals surface area contributed by atoms with Crippen molar-refractivity contribution in [3.63, 3.8) is 0 Å². The van der Waals surface area contributed by atoms with Crippen LogP contribution in [0, 0.1) is 18.8 Å². The lowest BCUT2D eigenvalue weighted by molar-refractivity contribution is -0.137. The second-order valence-electron chi connectivity index (χ2n) is 9.00. The molecule has 148 valence electrons. The molecular formula is C23H34N2O2. The summed E-state index contributed by atoms with van der Waals surface area (Å²) in [6, 6.07) is 10.2. The molecule has 4 atom stereocenters. The zero-order valence-corrected chi connectivity index (χ0v) is 16.6. The topological polar surface area (TPSA) is 43.8 Å². The van der Waals surface area contributed by atoms with E-state index in [1.807, 2.05) is 0 Å². The molecule has 4 heteroatoms. The van der Waals surface area contributed by atoms with Crippen LogP contribution in [0.2, 0.25) is 0 Å². The Morgan fingerprint density at radius 1 is 1.15 bits per heavy atom. The lowest BCUT2D eigenvalue weighted by Gasteiger charge is -2.57. The highest BCUT2D eigenvalue weighted by atomic mass is 16.4. The van der Waals surface area contributed by atoms with E-state index in [9.17, 15) is 4.79 Å². The largest absolute Gasteiger partial charge is 0.481 e. The quantitative estimate of drug-likeness (QED) is 0.824. The fraction of sp³-hybridized carbons (Fsp3) is 0.696. The van der Waals surface area contributed by atoms with Crippen molar-refractivity contribution in [2.24, 2.45) is 11.8 Å². The number of carboxylic acid groups (broad SMARTS) is 1. The molecule has 0 aliphatic carbocycles. The number of hydrogen-bond acceptors (Lipinski definition) is 3. The van der Waals surface area contributed by atoms with Gasteiger partial charge in [0.05, 0.1) is 0 Å². The first-order valence-electron chi connectivity index (χ1n) is 10.9. The Morgan fingerprint density at radius 3 is 2.63 bits per heavy atom. The van der Waals surface area contributed by atoms with Crippen LogP contribution >= 0.6 is 0 Å². The summed E-state index contributed by atoms with van der Waals surface area (Å²) >= 11 is 0. The Kier molecular flexibility index (Phi) is 5.84. The highest BCUT2D eigenvalue weighted by molar-refractivity contribution is 5.66. The van der Waals surface area contributed by atoms with Crippen LogP contribution < -0.4 is 0 Å². The molecule has 0 unspecified atom stereocenters. The highest BCUT2D eigenvalue weighted by Gasteiger charge is 2.48. The molecule has 3 aliphatic rings. The molecule has 0 aromatic heterocycles. The van der Waals surface area contributed by atoms with Crippen molar-refractivity contribution in [1.29, 1.82) is 0 Å². The van der Waals surface area contributed by atoms with Gasteiger partial charge in [-0.15, -0.1) is 0 Å². The normalized spacial score (nSPS) is 31.4. The maximum Gasteiger partial charge on any atom is 0.303 e. The Labute approximate surface area is 163 Å². The van der Waals surface area contributed by atoms with Crippen molar-refractivity contribution in [2.75, 3.05) is 19.6 Å². The van der Waals surface area contributed by atoms with Gasteiger partial charge in [0.1, 0.15) is 0 Å². The van der Waals surface area contributed by atoms with E-state index in [4.69, 9.17) is 5.11 Å². The third-order valence-electron chi connectivity index (χ3n) is 7.18. The number of aliphatic carboxylic acids is 1. The first-order valence-corrected chi connectivity index (χ1v) is 10.9. The first-order chi connectivity index (χ1) is 13.1. The number of carbonyl (C=O) groups is 1. The molecule has 4 nitrogen and oxygen atoms in total. The zero-order valence-electron chi connectivity index (χ0n) is 16.6. The van der Waals surface area contributed by atoms with Crippen LogP contribution in [0.25, 0.3) is 0 Å². The molecule has 3 aliphatic heterocycles. The van der Waals surface area contributed by atoms with Crippen molar-refractivity contribution >= 4 is 5.97 Å². The molecule has 0 spiro atoms. The summed E-state index contributed by atoms with van der Waals surface area (Å²) in [6.45, 7) is 6.89. The summed E-state index contributed by atoms with van der Waals surface area (Å²) in [5.41, 5.74) is 2.71. The van der Waals surface area contributed by atoms with E-state index in [1.165, 1.54) is 56.4 Å². The average molecular weight is 371 g/mol. The van der Waals surface area contributed by atoms with E-state index in [1.54, 1.807) is 0 Å². The summed E-state index contributed by atoms with van der Waals surface area (Å²) in [7, 11) is 0. The number of carboxylic acids is 1. The molecule has 1 aromatic rings. The molecule has 3 heterocycles. The number of rotatable bonds is 6. The summed E-state index contributed by atoms with van der Waals surface area (Å²) in [6.07, 6.45) is 7.47. The summed E-state index contributed by atoms with van der Waals surface area (Å²) in [5.74, 6) is 0.860. The van der Waals surface area contributed by atoms with Crippen LogP contribution in [0.3, 0.4) is 0 Å². The number of hydrogen-bond donors (Lipinski definition) is 1. The average Bonchev–Trinajstić information content (AvgIpc) is 2.66. The first kappa shape index (κ1) is 18.9. The van der Waals surface area contributed by atoms with E-state index in [2.05, 4.69) is 41.0 Å². The van der Waals surface area contributed by atoms with Crippen molar-refractivity contribution < 1.29 is 9.90 Å². The van der Waals surface area contributed by atoms with Gasteiger partial charge in [0.15, 0.2) is 0 Å². The van der Waals surface area contributed by atoms with Gasteiger partial charge in [0.25, 0.3) is 0 Å². The number of likely N-dealkylation sites (tertiary alicyclic amines) is 1. The van der Waals surface area contributed by atoms with Gasteiger partial charge in [0, 0.05) is 31.6 Å². The molecule has 0 radical (unpaired) electrons. The molecule has 4 rings (SSSR count). The Balaban J connectivity index is 1.54. The van der Waals surface area contributed by atoms with Gasteiger partial charge >= 0.3 is 5.97 Å². The highest BCUT2D eigenvalue weighted by Crippen LogP contribution is 2.43. The van der Waals surface area contributed by atoms with Gasteiger partial charge in [-0.1, -0.05) is 29.8 Å². The van der Waals surface area contributed by atoms with E-state index < -0.39 is 5.97 Å². The van der Waals surface area contributed by atoms with Gasteiger partial charge in [-0.25, -0.2) is 0 Å². The van der Waals surface area contributed by atoms with E-state index in [0.29, 0.717) is 12.5 Å². The second kappa shape index (κ2) is 8.32. The van der Waals surface area contributed by atoms with Crippen LogP contribution in [0.5, 0.6) is 0 Å². The maximum absolute atomic E-state index is 11.1. The smallest absolute Gasteiger partial charge is 0.303 e. The fourth-order valence-electron chi connectivity index (χ4n) is 6.05. The molecule has 1 N–H and O–H groups in total. The van der Waals surface area contributed by atoms with E-state index in [-0.39, 0.29) is 0 Å². The van der Waals surface area contributed by atoms with Gasteiger partial charge in [0.2, 0.25) is 0 Å². The van der Waals surface area contributed by atoms with Crippen molar-refractivity contribution in [3.05, 3.63) is 35.4 Å². The predicted octanol–water partition coefficient (Wildman–Crippen LogP) is 3.92. The third-order valence-corrected chi connectivity index (χ3v) is 7.18. The molecular weight excluding hydrogens is 336 g/mol. The third kappa shape index (κ3) is 4.22. The van der Waals surface area contributed by atoms with E-state index >= 15 is 0 Å². The molecule has 1 aromatic carbocycles. The Bertz CT molecular complexity index is 642. The van der Waals surface area contributed by atoms with Crippen LogP contribution in [0.4, 0.5) is 0 Å². The zero-order chi connectivity index (χ0) is 18.8. The van der Waals surface area contributed by atoms with Crippen LogP contribution in [-0.4, -0.2) is 52.6 Å². The van der Waals surface area contributed by atoms with Crippen LogP contribution in [0.1, 0.15) is 56.1 Å². The van der Waals surface area contributed by atoms with Crippen molar-refractivity contribution in [3.8, 4) is 0 Å². The number of piperidine rings is 3. The van der Waals surface area contributed by atoms with Crippen LogP contribution in [0.15, 0.2) is 24.3 Å². The van der Waals surface area contributed by atoms with Gasteiger partial charge in [-0.2, -0.15) is 0 Å². The summed E-state index contributed by atoms with van der Waals surface area (Å²) in [4.78, 5) is 16.6. The number of aryl methyl sites for hydroxylation is 1. The monoisotopic (exact) mass is 370 g/mol. The SMILES string of the molecule is Cc1ccc(CN2C[C@@H]3CCCN4CCC[C@@H]([C@H]34)[C@H]2CCCC(=O)O)cc1. The molecule has 0 bridgehead atoms. The minimum atomic E-state index is -0.656. The van der Waals surface area contributed by atoms with Crippen LogP contribution in [-0.2, 0) is 11.3 Å². The Morgan fingerprint density at radius 2 is 1.89 bits per heavy atom. The Hall–Kier alpha value is -1.39. The minimum Gasteiger partial charge on any atom is -0.481 e. The molecule has 3 saturated heterocycles. The number of benzene rings is 1. The standard InChI is InChI=1S/C23H34N2O2/c1-17-9-11-18(12-10-17)15-25-16-19-5-3-13-24-14-4-6-20(23(19)24)21(25)7-2-8-22(26)27/h9-12,19-21,23H,2-8,13-16H2,1H3,(H,26,27)/t19-,20+,21+,23-/m0/s1. The maximum atomic E-state index is 11.1. The van der Waals surface area contributed by atoms with Gasteiger partial charge in [-0.3, -0.25) is 14.6 Å². The minimum absolute atomic E-state index is 0.305. The van der Waals surface area contributed by atoms with Crippen molar-refractivity contribution in [1.82, 2.24) is 9.80 Å². The van der Waals surface area contributed by atoms with E-state index in [0.717, 1.165) is 37.3 Å².